The van der Waals surface area contributed by atoms with Crippen molar-refractivity contribution in [3.05, 3.63) is 81.0 Å². The summed E-state index contributed by atoms with van der Waals surface area (Å²) in [7, 11) is 0. The Balaban J connectivity index is 1.77. The molecule has 2 aromatic carbocycles. The Kier molecular flexibility index (Phi) is 4.18. The maximum absolute atomic E-state index is 13.3. The van der Waals surface area contributed by atoms with Crippen LogP contribution in [0.3, 0.4) is 0 Å². The number of thiophene rings is 1. The Bertz CT molecular complexity index is 1400. The van der Waals surface area contributed by atoms with E-state index in [1.165, 1.54) is 10.1 Å². The molecule has 28 heavy (non-hydrogen) atoms. The fraction of sp³-hybridized carbons (Fsp3) is 0.136. The number of hydrogen-bond donors (Lipinski definition) is 0. The lowest BCUT2D eigenvalue weighted by Gasteiger charge is -2.09. The van der Waals surface area contributed by atoms with Crippen LogP contribution in [0.5, 0.6) is 0 Å². The van der Waals surface area contributed by atoms with Crippen LogP contribution < -0.4 is 5.56 Å². The SMILES string of the molecule is Cc1sc2nc3c4ccccc4c(SCc4ccccc4)nn3c(=O)c2c1C. The van der Waals surface area contributed by atoms with Gasteiger partial charge in [-0.05, 0) is 25.0 Å². The Morgan fingerprint density at radius 1 is 1.00 bits per heavy atom. The van der Waals surface area contributed by atoms with Gasteiger partial charge in [0.2, 0.25) is 0 Å². The highest BCUT2D eigenvalue weighted by atomic mass is 32.2. The molecule has 0 unspecified atom stereocenters. The topological polar surface area (TPSA) is 47.3 Å². The van der Waals surface area contributed by atoms with E-state index in [1.807, 2.05) is 50.2 Å². The van der Waals surface area contributed by atoms with E-state index in [4.69, 9.17) is 10.1 Å². The zero-order chi connectivity index (χ0) is 19.3. The van der Waals surface area contributed by atoms with Crippen molar-refractivity contribution in [1.29, 1.82) is 0 Å². The summed E-state index contributed by atoms with van der Waals surface area (Å²) in [6.07, 6.45) is 0. The van der Waals surface area contributed by atoms with E-state index in [0.29, 0.717) is 11.0 Å². The van der Waals surface area contributed by atoms with Crippen LogP contribution in [-0.2, 0) is 5.75 Å². The Morgan fingerprint density at radius 3 is 2.50 bits per heavy atom. The quantitative estimate of drug-likeness (QED) is 0.300. The van der Waals surface area contributed by atoms with Crippen LogP contribution in [0.25, 0.3) is 26.6 Å². The minimum Gasteiger partial charge on any atom is -0.267 e. The normalized spacial score (nSPS) is 11.6. The summed E-state index contributed by atoms with van der Waals surface area (Å²) < 4.78 is 1.48. The lowest BCUT2D eigenvalue weighted by molar-refractivity contribution is 0.835. The zero-order valence-corrected chi connectivity index (χ0v) is 17.1. The van der Waals surface area contributed by atoms with Crippen LogP contribution in [0, 0.1) is 13.8 Å². The standard InChI is InChI=1S/C22H17N3OS2/c1-13-14(2)28-21-18(13)22(26)25-19(23-21)16-10-6-7-11-17(16)20(24-25)27-12-15-8-4-3-5-9-15/h3-11H,12H2,1-2H3. The van der Waals surface area contributed by atoms with Crippen molar-refractivity contribution in [2.24, 2.45) is 0 Å². The molecule has 0 aliphatic heterocycles. The Morgan fingerprint density at radius 2 is 1.71 bits per heavy atom. The smallest absolute Gasteiger partial charge is 0.267 e. The first-order valence-corrected chi connectivity index (χ1v) is 10.8. The lowest BCUT2D eigenvalue weighted by Crippen LogP contribution is -2.18. The number of aromatic nitrogens is 3. The number of thioether (sulfide) groups is 1. The number of hydrogen-bond acceptors (Lipinski definition) is 5. The van der Waals surface area contributed by atoms with Crippen molar-refractivity contribution in [3.63, 3.8) is 0 Å². The van der Waals surface area contributed by atoms with Gasteiger partial charge in [-0.2, -0.15) is 9.61 Å². The molecule has 0 bridgehead atoms. The molecule has 0 amide bonds. The summed E-state index contributed by atoms with van der Waals surface area (Å²) >= 11 is 3.22. The van der Waals surface area contributed by atoms with Crippen LogP contribution >= 0.6 is 23.1 Å². The summed E-state index contributed by atoms with van der Waals surface area (Å²) in [5, 5.41) is 8.24. The van der Waals surface area contributed by atoms with Crippen LogP contribution in [0.15, 0.2) is 64.4 Å². The van der Waals surface area contributed by atoms with Crippen LogP contribution in [0.2, 0.25) is 0 Å². The zero-order valence-electron chi connectivity index (χ0n) is 15.5. The molecule has 4 nitrogen and oxygen atoms in total. The molecule has 0 fully saturated rings. The van der Waals surface area contributed by atoms with E-state index in [1.54, 1.807) is 23.1 Å². The first-order chi connectivity index (χ1) is 13.6. The summed E-state index contributed by atoms with van der Waals surface area (Å²) in [5.74, 6) is 0.796. The van der Waals surface area contributed by atoms with E-state index in [9.17, 15) is 4.79 Å². The van der Waals surface area contributed by atoms with Crippen molar-refractivity contribution in [2.75, 3.05) is 0 Å². The van der Waals surface area contributed by atoms with E-state index < -0.39 is 0 Å². The maximum atomic E-state index is 13.3. The second-order valence-corrected chi connectivity index (χ2v) is 8.91. The number of nitrogens with zero attached hydrogens (tertiary/aromatic N) is 3. The number of benzene rings is 2. The summed E-state index contributed by atoms with van der Waals surface area (Å²) in [5.41, 5.74) is 2.76. The van der Waals surface area contributed by atoms with Gasteiger partial charge < -0.3 is 0 Å². The van der Waals surface area contributed by atoms with Crippen molar-refractivity contribution in [2.45, 2.75) is 24.6 Å². The first kappa shape index (κ1) is 17.4. The highest BCUT2D eigenvalue weighted by Gasteiger charge is 2.17. The molecule has 6 heteroatoms. The van der Waals surface area contributed by atoms with E-state index in [0.717, 1.165) is 36.8 Å². The third-order valence-corrected chi connectivity index (χ3v) is 7.14. The van der Waals surface area contributed by atoms with Crippen LogP contribution in [-0.4, -0.2) is 14.6 Å². The van der Waals surface area contributed by atoms with Gasteiger partial charge in [-0.15, -0.1) is 11.3 Å². The Hall–Kier alpha value is -2.70. The summed E-state index contributed by atoms with van der Waals surface area (Å²) in [6.45, 7) is 4.01. The number of rotatable bonds is 3. The third-order valence-electron chi connectivity index (χ3n) is 4.99. The van der Waals surface area contributed by atoms with Crippen molar-refractivity contribution >= 4 is 49.7 Å². The van der Waals surface area contributed by atoms with Gasteiger partial charge in [0.05, 0.1) is 5.39 Å². The van der Waals surface area contributed by atoms with Crippen molar-refractivity contribution in [3.8, 4) is 0 Å². The van der Waals surface area contributed by atoms with Crippen molar-refractivity contribution in [1.82, 2.24) is 14.6 Å². The van der Waals surface area contributed by atoms with Crippen LogP contribution in [0.4, 0.5) is 0 Å². The van der Waals surface area contributed by atoms with Gasteiger partial charge in [0.25, 0.3) is 5.56 Å². The molecule has 0 radical (unpaired) electrons. The largest absolute Gasteiger partial charge is 0.283 e. The average Bonchev–Trinajstić information content (AvgIpc) is 3.01. The fourth-order valence-corrected chi connectivity index (χ4v) is 5.38. The minimum absolute atomic E-state index is 0.0887. The molecular weight excluding hydrogens is 386 g/mol. The molecule has 3 heterocycles. The molecule has 0 atom stereocenters. The number of fused-ring (bicyclic) bond motifs is 4. The maximum Gasteiger partial charge on any atom is 0.283 e. The van der Waals surface area contributed by atoms with E-state index in [-0.39, 0.29) is 5.56 Å². The summed E-state index contributed by atoms with van der Waals surface area (Å²) in [4.78, 5) is 20.0. The highest BCUT2D eigenvalue weighted by Crippen LogP contribution is 2.32. The minimum atomic E-state index is -0.0887. The molecule has 0 saturated heterocycles. The van der Waals surface area contributed by atoms with Crippen LogP contribution in [0.1, 0.15) is 16.0 Å². The molecule has 5 rings (SSSR count). The van der Waals surface area contributed by atoms with Gasteiger partial charge >= 0.3 is 0 Å². The average molecular weight is 404 g/mol. The molecule has 5 aromatic rings. The monoisotopic (exact) mass is 403 g/mol. The molecule has 0 spiro atoms. The van der Waals surface area contributed by atoms with Gasteiger partial charge in [0.15, 0.2) is 5.65 Å². The third kappa shape index (κ3) is 2.72. The molecule has 0 N–H and O–H groups in total. The van der Waals surface area contributed by atoms with Gasteiger partial charge in [0, 0.05) is 21.4 Å². The molecular formula is C22H17N3OS2. The first-order valence-electron chi connectivity index (χ1n) is 9.01. The molecule has 3 aromatic heterocycles. The highest BCUT2D eigenvalue weighted by molar-refractivity contribution is 7.98. The van der Waals surface area contributed by atoms with Gasteiger partial charge in [-0.1, -0.05) is 66.4 Å². The van der Waals surface area contributed by atoms with Gasteiger partial charge in [0.1, 0.15) is 9.86 Å². The van der Waals surface area contributed by atoms with Gasteiger partial charge in [-0.3, -0.25) is 4.79 Å². The predicted octanol–water partition coefficient (Wildman–Crippen LogP) is 5.37. The van der Waals surface area contributed by atoms with Gasteiger partial charge in [-0.25, -0.2) is 4.98 Å². The summed E-state index contributed by atoms with van der Waals surface area (Å²) in [6, 6.07) is 18.3. The molecule has 138 valence electrons. The molecule has 0 aliphatic rings. The number of aryl methyl sites for hydroxylation is 2. The fourth-order valence-electron chi connectivity index (χ4n) is 3.39. The Labute approximate surface area is 169 Å². The second-order valence-electron chi connectivity index (χ2n) is 6.74. The second kappa shape index (κ2) is 6.72. The molecule has 0 saturated carbocycles. The van der Waals surface area contributed by atoms with E-state index >= 15 is 0 Å². The van der Waals surface area contributed by atoms with E-state index in [2.05, 4.69) is 18.2 Å². The molecule has 0 aliphatic carbocycles. The lowest BCUT2D eigenvalue weighted by atomic mass is 10.2. The predicted molar refractivity (Wildman–Crippen MR) is 118 cm³/mol. The van der Waals surface area contributed by atoms with Crippen molar-refractivity contribution < 1.29 is 0 Å².